The molecule has 1 aromatic carbocycles. The molecule has 5 heteroatoms. The van der Waals surface area contributed by atoms with E-state index in [-0.39, 0.29) is 5.91 Å². The second kappa shape index (κ2) is 6.31. The number of allylic oxidation sites excluding steroid dienone is 2. The molecule has 0 fully saturated rings. The molecular formula is C16H17ClNO3-. The molecule has 0 heterocycles. The number of nitrogens with one attached hydrogen (secondary N) is 1. The van der Waals surface area contributed by atoms with Crippen LogP contribution in [0.5, 0.6) is 0 Å². The molecule has 21 heavy (non-hydrogen) atoms. The summed E-state index contributed by atoms with van der Waals surface area (Å²) in [5.74, 6) is -2.88. The van der Waals surface area contributed by atoms with E-state index in [4.69, 9.17) is 11.6 Å². The first-order valence-corrected chi connectivity index (χ1v) is 7.20. The lowest BCUT2D eigenvalue weighted by Crippen LogP contribution is -2.42. The van der Waals surface area contributed by atoms with Crippen molar-refractivity contribution in [3.05, 3.63) is 40.4 Å². The van der Waals surface area contributed by atoms with Gasteiger partial charge in [-0.15, -0.1) is 0 Å². The molecule has 0 aliphatic heterocycles. The fourth-order valence-corrected chi connectivity index (χ4v) is 2.74. The summed E-state index contributed by atoms with van der Waals surface area (Å²) in [6, 6.07) is 5.23. The molecule has 1 aliphatic rings. The van der Waals surface area contributed by atoms with Gasteiger partial charge in [0.2, 0.25) is 5.91 Å². The Kier molecular flexibility index (Phi) is 4.68. The van der Waals surface area contributed by atoms with E-state index >= 15 is 0 Å². The fraction of sp³-hybridized carbons (Fsp3) is 0.375. The van der Waals surface area contributed by atoms with Crippen molar-refractivity contribution in [1.82, 2.24) is 0 Å². The van der Waals surface area contributed by atoms with Crippen molar-refractivity contribution in [2.45, 2.75) is 26.7 Å². The highest BCUT2D eigenvalue weighted by molar-refractivity contribution is 6.31. The minimum Gasteiger partial charge on any atom is -0.550 e. The van der Waals surface area contributed by atoms with Crippen molar-refractivity contribution in [1.29, 1.82) is 0 Å². The number of amides is 1. The van der Waals surface area contributed by atoms with E-state index in [1.54, 1.807) is 25.1 Å². The summed E-state index contributed by atoms with van der Waals surface area (Å²) in [5.41, 5.74) is 2.40. The molecule has 4 nitrogen and oxygen atoms in total. The van der Waals surface area contributed by atoms with Gasteiger partial charge in [-0.3, -0.25) is 4.79 Å². The first-order chi connectivity index (χ1) is 9.90. The quantitative estimate of drug-likeness (QED) is 0.871. The second-order valence-corrected chi connectivity index (χ2v) is 5.83. The molecule has 1 aliphatic carbocycles. The van der Waals surface area contributed by atoms with Crippen molar-refractivity contribution < 1.29 is 14.7 Å². The van der Waals surface area contributed by atoms with Crippen LogP contribution in [0.2, 0.25) is 5.02 Å². The van der Waals surface area contributed by atoms with Crippen LogP contribution in [0.1, 0.15) is 25.3 Å². The van der Waals surface area contributed by atoms with Crippen molar-refractivity contribution in [2.75, 3.05) is 5.32 Å². The topological polar surface area (TPSA) is 69.2 Å². The molecular weight excluding hydrogens is 290 g/mol. The number of benzene rings is 1. The minimum absolute atomic E-state index is 0.304. The van der Waals surface area contributed by atoms with Crippen LogP contribution in [0.4, 0.5) is 5.69 Å². The number of halogens is 1. The van der Waals surface area contributed by atoms with Crippen LogP contribution in [0, 0.1) is 18.8 Å². The van der Waals surface area contributed by atoms with Gasteiger partial charge >= 0.3 is 0 Å². The number of hydrogen-bond donors (Lipinski definition) is 1. The highest BCUT2D eigenvalue weighted by Crippen LogP contribution is 2.31. The Morgan fingerprint density at radius 3 is 2.67 bits per heavy atom. The monoisotopic (exact) mass is 306 g/mol. The van der Waals surface area contributed by atoms with Gasteiger partial charge in [-0.2, -0.15) is 0 Å². The van der Waals surface area contributed by atoms with E-state index in [1.807, 2.05) is 13.0 Å². The number of carboxylic acids is 1. The Labute approximate surface area is 128 Å². The molecule has 0 spiro atoms. The normalized spacial score (nSPS) is 21.6. The Balaban J connectivity index is 2.20. The standard InChI is InChI=1S/C16H18ClNO3/c1-9-6-7-11(16(20)21)12(8-9)15(19)18-14-5-3-4-13(17)10(14)2/h3-6,11-12H,7-8H2,1-2H3,(H,18,19)(H,20,21)/p-1/t11-,12-/m1/s1. The molecule has 0 aromatic heterocycles. The van der Waals surface area contributed by atoms with Gasteiger partial charge < -0.3 is 15.2 Å². The lowest BCUT2D eigenvalue weighted by atomic mass is 9.79. The SMILES string of the molecule is CC1=CC[C@@H](C(=O)[O-])[C@H](C(=O)Nc2cccc(Cl)c2C)C1. The highest BCUT2D eigenvalue weighted by Gasteiger charge is 2.31. The fourth-order valence-electron chi connectivity index (χ4n) is 2.57. The van der Waals surface area contributed by atoms with Crippen LogP contribution in [-0.2, 0) is 9.59 Å². The van der Waals surface area contributed by atoms with E-state index in [9.17, 15) is 14.7 Å². The van der Waals surface area contributed by atoms with Crippen LogP contribution in [0.15, 0.2) is 29.8 Å². The molecule has 0 saturated carbocycles. The zero-order valence-corrected chi connectivity index (χ0v) is 12.7. The van der Waals surface area contributed by atoms with Crippen LogP contribution in [-0.4, -0.2) is 11.9 Å². The molecule has 0 unspecified atom stereocenters. The number of carbonyl (C=O) groups excluding carboxylic acids is 2. The number of carbonyl (C=O) groups is 2. The predicted octanol–water partition coefficient (Wildman–Crippen LogP) is 2.31. The van der Waals surface area contributed by atoms with Gasteiger partial charge in [0.25, 0.3) is 0 Å². The summed E-state index contributed by atoms with van der Waals surface area (Å²) in [6.45, 7) is 3.70. The second-order valence-electron chi connectivity index (χ2n) is 5.42. The maximum absolute atomic E-state index is 12.4. The molecule has 112 valence electrons. The minimum atomic E-state index is -1.18. The van der Waals surface area contributed by atoms with Crippen molar-refractivity contribution in [3.63, 3.8) is 0 Å². The van der Waals surface area contributed by atoms with E-state index in [0.29, 0.717) is 23.6 Å². The number of hydrogen-bond acceptors (Lipinski definition) is 3. The van der Waals surface area contributed by atoms with Gasteiger partial charge in [-0.25, -0.2) is 0 Å². The predicted molar refractivity (Wildman–Crippen MR) is 79.8 cm³/mol. The molecule has 2 atom stereocenters. The maximum atomic E-state index is 12.4. The third kappa shape index (κ3) is 3.45. The summed E-state index contributed by atoms with van der Waals surface area (Å²) in [5, 5.41) is 14.6. The van der Waals surface area contributed by atoms with Crippen molar-refractivity contribution >= 4 is 29.2 Å². The van der Waals surface area contributed by atoms with Crippen molar-refractivity contribution in [3.8, 4) is 0 Å². The van der Waals surface area contributed by atoms with Gasteiger partial charge in [0.05, 0.1) is 5.92 Å². The Morgan fingerprint density at radius 1 is 1.29 bits per heavy atom. The van der Waals surface area contributed by atoms with E-state index < -0.39 is 17.8 Å². The van der Waals surface area contributed by atoms with Gasteiger partial charge in [0.15, 0.2) is 0 Å². The number of carboxylic acid groups (broad SMARTS) is 1. The molecule has 1 amide bonds. The Morgan fingerprint density at radius 2 is 2.00 bits per heavy atom. The largest absolute Gasteiger partial charge is 0.550 e. The average Bonchev–Trinajstić information content (AvgIpc) is 2.43. The first kappa shape index (κ1) is 15.6. The Hall–Kier alpha value is -1.81. The Bertz CT molecular complexity index is 610. The lowest BCUT2D eigenvalue weighted by Gasteiger charge is -2.30. The number of anilines is 1. The first-order valence-electron chi connectivity index (χ1n) is 6.82. The third-order valence-corrected chi connectivity index (χ3v) is 4.32. The summed E-state index contributed by atoms with van der Waals surface area (Å²) in [4.78, 5) is 23.6. The van der Waals surface area contributed by atoms with Crippen LogP contribution < -0.4 is 10.4 Å². The van der Waals surface area contributed by atoms with Crippen molar-refractivity contribution in [2.24, 2.45) is 11.8 Å². The summed E-state index contributed by atoms with van der Waals surface area (Å²) < 4.78 is 0. The van der Waals surface area contributed by atoms with E-state index in [1.165, 1.54) is 0 Å². The number of aliphatic carboxylic acids is 1. The smallest absolute Gasteiger partial charge is 0.228 e. The lowest BCUT2D eigenvalue weighted by molar-refractivity contribution is -0.313. The van der Waals surface area contributed by atoms with Gasteiger partial charge in [-0.1, -0.05) is 29.3 Å². The van der Waals surface area contributed by atoms with Crippen LogP contribution in [0.25, 0.3) is 0 Å². The molecule has 0 radical (unpaired) electrons. The molecule has 0 bridgehead atoms. The van der Waals surface area contributed by atoms with Gasteiger partial charge in [-0.05, 0) is 44.4 Å². The zero-order chi connectivity index (χ0) is 15.6. The molecule has 0 saturated heterocycles. The maximum Gasteiger partial charge on any atom is 0.228 e. The van der Waals surface area contributed by atoms with Crippen LogP contribution in [0.3, 0.4) is 0 Å². The summed E-state index contributed by atoms with van der Waals surface area (Å²) in [7, 11) is 0. The molecule has 1 aromatic rings. The molecule has 2 rings (SSSR count). The summed E-state index contributed by atoms with van der Waals surface area (Å²) >= 11 is 6.02. The third-order valence-electron chi connectivity index (χ3n) is 3.91. The van der Waals surface area contributed by atoms with E-state index in [2.05, 4.69) is 5.32 Å². The molecule has 1 N–H and O–H groups in total. The zero-order valence-electron chi connectivity index (χ0n) is 12.0. The van der Waals surface area contributed by atoms with Gasteiger partial charge in [0, 0.05) is 22.6 Å². The van der Waals surface area contributed by atoms with Crippen LogP contribution >= 0.6 is 11.6 Å². The summed E-state index contributed by atoms with van der Waals surface area (Å²) in [6.07, 6.45) is 2.62. The average molecular weight is 307 g/mol. The van der Waals surface area contributed by atoms with E-state index in [0.717, 1.165) is 11.1 Å². The number of rotatable bonds is 3. The highest BCUT2D eigenvalue weighted by atomic mass is 35.5. The van der Waals surface area contributed by atoms with Gasteiger partial charge in [0.1, 0.15) is 0 Å².